The number of hydrogen-bond acceptors (Lipinski definition) is 5. The summed E-state index contributed by atoms with van der Waals surface area (Å²) in [4.78, 5) is 27.8. The second kappa shape index (κ2) is 7.69. The van der Waals surface area contributed by atoms with Crippen LogP contribution < -0.4 is 10.1 Å². The third-order valence-electron chi connectivity index (χ3n) is 4.66. The summed E-state index contributed by atoms with van der Waals surface area (Å²) in [5.41, 5.74) is 1.49. The predicted molar refractivity (Wildman–Crippen MR) is 99.7 cm³/mol. The van der Waals surface area contributed by atoms with Gasteiger partial charge in [-0.2, -0.15) is 0 Å². The molecule has 8 nitrogen and oxygen atoms in total. The molecule has 0 unspecified atom stereocenters. The Bertz CT molecular complexity index is 999. The van der Waals surface area contributed by atoms with E-state index < -0.39 is 5.97 Å². The largest absolute Gasteiger partial charge is 0.486 e. The number of carbonyl (C=O) groups is 2. The standard InChI is InChI=1S/C20H19N3O5/c24-19(14-3-6-18-21-8-9-23(18)11-14)22-16-7-10-27-12-17(16)28-15-4-1-13(2-5-15)20(25)26/h1-6,8-9,11,16-17H,7,10,12H2,(H,22,24)(H,25,26)/t16-,17-/m1/s1. The Labute approximate surface area is 160 Å². The van der Waals surface area contributed by atoms with Gasteiger partial charge >= 0.3 is 5.97 Å². The van der Waals surface area contributed by atoms with Crippen LogP contribution in [0.2, 0.25) is 0 Å². The second-order valence-corrected chi connectivity index (χ2v) is 6.54. The van der Waals surface area contributed by atoms with E-state index in [1.54, 1.807) is 47.3 Å². The summed E-state index contributed by atoms with van der Waals surface area (Å²) in [6, 6.07) is 9.46. The number of aromatic nitrogens is 2. The van der Waals surface area contributed by atoms with Gasteiger partial charge in [0.05, 0.1) is 23.8 Å². The van der Waals surface area contributed by atoms with Gasteiger partial charge in [0.1, 0.15) is 17.5 Å². The van der Waals surface area contributed by atoms with Crippen molar-refractivity contribution in [1.82, 2.24) is 14.7 Å². The van der Waals surface area contributed by atoms with Gasteiger partial charge in [-0.15, -0.1) is 0 Å². The Morgan fingerprint density at radius 3 is 2.75 bits per heavy atom. The van der Waals surface area contributed by atoms with Gasteiger partial charge in [0.25, 0.3) is 5.91 Å². The highest BCUT2D eigenvalue weighted by molar-refractivity contribution is 5.94. The number of nitrogens with zero attached hydrogens (tertiary/aromatic N) is 2. The van der Waals surface area contributed by atoms with Crippen molar-refractivity contribution in [2.24, 2.45) is 0 Å². The summed E-state index contributed by atoms with van der Waals surface area (Å²) >= 11 is 0. The van der Waals surface area contributed by atoms with E-state index in [9.17, 15) is 9.59 Å². The average Bonchev–Trinajstić information content (AvgIpc) is 3.17. The van der Waals surface area contributed by atoms with Crippen molar-refractivity contribution in [2.45, 2.75) is 18.6 Å². The number of carboxylic acid groups (broad SMARTS) is 1. The first-order valence-electron chi connectivity index (χ1n) is 8.91. The first-order valence-corrected chi connectivity index (χ1v) is 8.91. The molecule has 0 saturated carbocycles. The molecule has 0 bridgehead atoms. The molecule has 4 rings (SSSR count). The maximum atomic E-state index is 12.7. The molecular weight excluding hydrogens is 362 g/mol. The highest BCUT2D eigenvalue weighted by atomic mass is 16.5. The van der Waals surface area contributed by atoms with Crippen LogP contribution in [0.4, 0.5) is 0 Å². The fraction of sp³-hybridized carbons (Fsp3) is 0.250. The van der Waals surface area contributed by atoms with Crippen LogP contribution in [0.1, 0.15) is 27.1 Å². The average molecular weight is 381 g/mol. The Morgan fingerprint density at radius 2 is 1.96 bits per heavy atom. The summed E-state index contributed by atoms with van der Waals surface area (Å²) in [5, 5.41) is 12.0. The molecule has 1 saturated heterocycles. The molecule has 1 aliphatic rings. The SMILES string of the molecule is O=C(O)c1ccc(O[C@@H]2COCC[C@H]2NC(=O)c2ccc3nccn3c2)cc1. The quantitative estimate of drug-likeness (QED) is 0.701. The Hall–Kier alpha value is -3.39. The first-order chi connectivity index (χ1) is 13.6. The van der Waals surface area contributed by atoms with Crippen molar-refractivity contribution in [3.63, 3.8) is 0 Å². The van der Waals surface area contributed by atoms with Gasteiger partial charge in [0.15, 0.2) is 0 Å². The summed E-state index contributed by atoms with van der Waals surface area (Å²) < 4.78 is 13.2. The molecule has 3 heterocycles. The zero-order chi connectivity index (χ0) is 19.5. The van der Waals surface area contributed by atoms with Crippen molar-refractivity contribution in [2.75, 3.05) is 13.2 Å². The second-order valence-electron chi connectivity index (χ2n) is 6.54. The lowest BCUT2D eigenvalue weighted by atomic mass is 10.1. The van der Waals surface area contributed by atoms with Crippen LogP contribution in [-0.2, 0) is 4.74 Å². The van der Waals surface area contributed by atoms with Gasteiger partial charge in [-0.1, -0.05) is 0 Å². The topological polar surface area (TPSA) is 102 Å². The molecule has 1 fully saturated rings. The molecule has 1 aliphatic heterocycles. The minimum absolute atomic E-state index is 0.187. The van der Waals surface area contributed by atoms with Crippen LogP contribution in [0.25, 0.3) is 5.65 Å². The molecule has 8 heteroatoms. The third kappa shape index (κ3) is 3.81. The van der Waals surface area contributed by atoms with Gasteiger partial charge in [-0.3, -0.25) is 4.79 Å². The molecule has 0 spiro atoms. The van der Waals surface area contributed by atoms with Crippen LogP contribution in [-0.4, -0.2) is 51.7 Å². The number of fused-ring (bicyclic) bond motifs is 1. The Morgan fingerprint density at radius 1 is 1.18 bits per heavy atom. The number of carboxylic acids is 1. The van der Waals surface area contributed by atoms with Crippen LogP contribution in [0.15, 0.2) is 55.0 Å². The van der Waals surface area contributed by atoms with Crippen LogP contribution in [0.5, 0.6) is 5.75 Å². The maximum Gasteiger partial charge on any atom is 0.335 e. The van der Waals surface area contributed by atoms with E-state index in [0.29, 0.717) is 30.9 Å². The van der Waals surface area contributed by atoms with Crippen molar-refractivity contribution < 1.29 is 24.2 Å². The predicted octanol–water partition coefficient (Wildman–Crippen LogP) is 2.00. The van der Waals surface area contributed by atoms with Gasteiger partial charge in [0.2, 0.25) is 0 Å². The fourth-order valence-electron chi connectivity index (χ4n) is 3.15. The zero-order valence-corrected chi connectivity index (χ0v) is 14.9. The van der Waals surface area contributed by atoms with Crippen molar-refractivity contribution in [1.29, 1.82) is 0 Å². The first kappa shape index (κ1) is 18.0. The molecule has 3 aromatic rings. The molecule has 144 valence electrons. The maximum absolute atomic E-state index is 12.7. The van der Waals surface area contributed by atoms with E-state index in [1.165, 1.54) is 12.1 Å². The summed E-state index contributed by atoms with van der Waals surface area (Å²) in [5.74, 6) is -0.663. The zero-order valence-electron chi connectivity index (χ0n) is 14.9. The summed E-state index contributed by atoms with van der Waals surface area (Å²) in [6.45, 7) is 0.871. The molecule has 2 aromatic heterocycles. The fourth-order valence-corrected chi connectivity index (χ4v) is 3.15. The van der Waals surface area contributed by atoms with Crippen LogP contribution >= 0.6 is 0 Å². The van der Waals surface area contributed by atoms with Crippen molar-refractivity contribution in [3.05, 3.63) is 66.1 Å². The highest BCUT2D eigenvalue weighted by Crippen LogP contribution is 2.19. The van der Waals surface area contributed by atoms with Gasteiger partial charge in [-0.25, -0.2) is 9.78 Å². The van der Waals surface area contributed by atoms with E-state index in [0.717, 1.165) is 5.65 Å². The van der Waals surface area contributed by atoms with E-state index in [-0.39, 0.29) is 23.6 Å². The molecule has 0 aliphatic carbocycles. The van der Waals surface area contributed by atoms with E-state index in [2.05, 4.69) is 10.3 Å². The number of aromatic carboxylic acids is 1. The minimum Gasteiger partial charge on any atom is -0.486 e. The lowest BCUT2D eigenvalue weighted by Crippen LogP contribution is -2.51. The molecule has 2 N–H and O–H groups in total. The molecule has 1 amide bonds. The van der Waals surface area contributed by atoms with Crippen LogP contribution in [0, 0.1) is 0 Å². The molecule has 1 aromatic carbocycles. The molecule has 28 heavy (non-hydrogen) atoms. The van der Waals surface area contributed by atoms with E-state index >= 15 is 0 Å². The van der Waals surface area contributed by atoms with E-state index in [1.807, 2.05) is 0 Å². The number of ether oxygens (including phenoxy) is 2. The number of rotatable bonds is 5. The summed E-state index contributed by atoms with van der Waals surface area (Å²) in [6.07, 6.45) is 5.45. The number of benzene rings is 1. The molecule has 0 radical (unpaired) electrons. The highest BCUT2D eigenvalue weighted by Gasteiger charge is 2.29. The molecule has 2 atom stereocenters. The van der Waals surface area contributed by atoms with Gasteiger partial charge in [0, 0.05) is 25.2 Å². The van der Waals surface area contributed by atoms with E-state index in [4.69, 9.17) is 14.6 Å². The van der Waals surface area contributed by atoms with Crippen molar-refractivity contribution in [3.8, 4) is 5.75 Å². The smallest absolute Gasteiger partial charge is 0.335 e. The number of amides is 1. The monoisotopic (exact) mass is 381 g/mol. The number of hydrogen-bond donors (Lipinski definition) is 2. The lowest BCUT2D eigenvalue weighted by molar-refractivity contribution is -0.0135. The Balaban J connectivity index is 1.45. The number of imidazole rings is 1. The Kier molecular flexibility index (Phi) is 4.94. The normalized spacial score (nSPS) is 19.3. The number of pyridine rings is 1. The number of nitrogens with one attached hydrogen (secondary N) is 1. The van der Waals surface area contributed by atoms with Crippen LogP contribution in [0.3, 0.4) is 0 Å². The lowest BCUT2D eigenvalue weighted by Gasteiger charge is -2.32. The minimum atomic E-state index is -0.993. The third-order valence-corrected chi connectivity index (χ3v) is 4.66. The van der Waals surface area contributed by atoms with Gasteiger partial charge in [-0.05, 0) is 42.8 Å². The molecular formula is C20H19N3O5. The summed E-state index contributed by atoms with van der Waals surface area (Å²) in [7, 11) is 0. The van der Waals surface area contributed by atoms with Crippen molar-refractivity contribution >= 4 is 17.5 Å². The van der Waals surface area contributed by atoms with Gasteiger partial charge < -0.3 is 24.3 Å². The number of carbonyl (C=O) groups excluding carboxylic acids is 1.